The number of carbonyl (C=O) groups is 3. The van der Waals surface area contributed by atoms with Gasteiger partial charge in [0.25, 0.3) is 11.8 Å². The van der Waals surface area contributed by atoms with Crippen LogP contribution in [-0.4, -0.2) is 76.0 Å². The molecule has 0 bridgehead atoms. The van der Waals surface area contributed by atoms with Gasteiger partial charge >= 0.3 is 6.09 Å². The van der Waals surface area contributed by atoms with Gasteiger partial charge in [-0.15, -0.1) is 0 Å². The Balaban J connectivity index is 1.15. The molecule has 1 N–H and O–H groups in total. The van der Waals surface area contributed by atoms with E-state index in [2.05, 4.69) is 17.0 Å². The van der Waals surface area contributed by atoms with Crippen LogP contribution in [0.1, 0.15) is 51.5 Å². The molecular weight excluding hydrogens is 406 g/mol. The molecule has 3 amide bonds. The average molecular weight is 434 g/mol. The molecule has 2 aliphatic heterocycles. The van der Waals surface area contributed by atoms with Gasteiger partial charge in [-0.2, -0.15) is 0 Å². The number of imide groups is 1. The molecule has 1 aliphatic carbocycles. The first-order chi connectivity index (χ1) is 15.5. The lowest BCUT2D eigenvalue weighted by Gasteiger charge is -2.38. The monoisotopic (exact) mass is 433 g/mol. The first-order valence-electron chi connectivity index (χ1n) is 11.3. The Bertz CT molecular complexity index is 997. The second-order valence-electron chi connectivity index (χ2n) is 8.89. The van der Waals surface area contributed by atoms with Crippen molar-refractivity contribution < 1.29 is 19.5 Å². The molecule has 2 fully saturated rings. The van der Waals surface area contributed by atoms with Crippen LogP contribution in [0.5, 0.6) is 0 Å². The zero-order valence-corrected chi connectivity index (χ0v) is 17.9. The quantitative estimate of drug-likeness (QED) is 0.707. The van der Waals surface area contributed by atoms with Crippen molar-refractivity contribution in [3.8, 4) is 0 Å². The minimum atomic E-state index is -0.835. The molecule has 166 valence electrons. The zero-order valence-electron chi connectivity index (χ0n) is 17.9. The van der Waals surface area contributed by atoms with E-state index in [1.165, 1.54) is 10.5 Å². The van der Waals surface area contributed by atoms with E-state index in [0.717, 1.165) is 32.4 Å². The first kappa shape index (κ1) is 20.7. The molecular formula is C25H27N3O4. The standard InChI is InChI=1S/C25H27N3O4/c29-23-19-8-4-5-9-20(19)24(30)27(23)15-14-26-12-10-18(11-13-26)28(25(31)32)22-16-21(22)17-6-2-1-3-7-17/h1-9,18,21-22H,10-16H2,(H,31,32)/t21-,22+/m0/s1. The van der Waals surface area contributed by atoms with Crippen LogP contribution in [0, 0.1) is 0 Å². The lowest BCUT2D eigenvalue weighted by molar-refractivity contribution is 0.0596. The number of rotatable bonds is 6. The molecule has 0 spiro atoms. The molecule has 2 aromatic carbocycles. The average Bonchev–Trinajstić information content (AvgIpc) is 3.56. The number of piperidine rings is 1. The van der Waals surface area contributed by atoms with Crippen LogP contribution in [-0.2, 0) is 0 Å². The van der Waals surface area contributed by atoms with Gasteiger partial charge in [0, 0.05) is 44.2 Å². The summed E-state index contributed by atoms with van der Waals surface area (Å²) in [4.78, 5) is 42.4. The highest BCUT2D eigenvalue weighted by Gasteiger charge is 2.47. The summed E-state index contributed by atoms with van der Waals surface area (Å²) >= 11 is 0. The highest BCUT2D eigenvalue weighted by Crippen LogP contribution is 2.46. The number of carbonyl (C=O) groups excluding carboxylic acids is 2. The number of benzene rings is 2. The number of likely N-dealkylation sites (tertiary alicyclic amines) is 1. The van der Waals surface area contributed by atoms with Crippen LogP contribution in [0.4, 0.5) is 4.79 Å². The van der Waals surface area contributed by atoms with Gasteiger partial charge in [-0.25, -0.2) is 4.79 Å². The molecule has 7 nitrogen and oxygen atoms in total. The van der Waals surface area contributed by atoms with Crippen molar-refractivity contribution in [2.24, 2.45) is 0 Å². The number of hydrogen-bond donors (Lipinski definition) is 1. The largest absolute Gasteiger partial charge is 0.465 e. The molecule has 2 atom stereocenters. The van der Waals surface area contributed by atoms with E-state index in [9.17, 15) is 19.5 Å². The van der Waals surface area contributed by atoms with Crippen molar-refractivity contribution in [3.63, 3.8) is 0 Å². The molecule has 0 unspecified atom stereocenters. The Morgan fingerprint density at radius 1 is 0.906 bits per heavy atom. The van der Waals surface area contributed by atoms with Gasteiger partial charge in [0.2, 0.25) is 0 Å². The van der Waals surface area contributed by atoms with E-state index in [4.69, 9.17) is 0 Å². The number of nitrogens with zero attached hydrogens (tertiary/aromatic N) is 3. The highest BCUT2D eigenvalue weighted by atomic mass is 16.4. The first-order valence-corrected chi connectivity index (χ1v) is 11.3. The van der Waals surface area contributed by atoms with Crippen molar-refractivity contribution in [2.75, 3.05) is 26.2 Å². The second kappa shape index (κ2) is 8.39. The Morgan fingerprint density at radius 2 is 1.50 bits per heavy atom. The number of amides is 3. The molecule has 2 aromatic rings. The second-order valence-corrected chi connectivity index (χ2v) is 8.89. The minimum absolute atomic E-state index is 0.0155. The third kappa shape index (κ3) is 3.77. The Kier molecular flexibility index (Phi) is 5.43. The summed E-state index contributed by atoms with van der Waals surface area (Å²) in [5.41, 5.74) is 2.17. The van der Waals surface area contributed by atoms with Crippen LogP contribution in [0.2, 0.25) is 0 Å². The summed E-state index contributed by atoms with van der Waals surface area (Å²) in [7, 11) is 0. The fraction of sp³-hybridized carbons (Fsp3) is 0.400. The Morgan fingerprint density at radius 3 is 2.09 bits per heavy atom. The molecule has 1 saturated carbocycles. The predicted molar refractivity (Wildman–Crippen MR) is 119 cm³/mol. The summed E-state index contributed by atoms with van der Waals surface area (Å²) < 4.78 is 0. The van der Waals surface area contributed by atoms with Crippen molar-refractivity contribution >= 4 is 17.9 Å². The van der Waals surface area contributed by atoms with E-state index in [1.54, 1.807) is 29.2 Å². The van der Waals surface area contributed by atoms with Gasteiger partial charge in [-0.05, 0) is 37.0 Å². The lowest BCUT2D eigenvalue weighted by atomic mass is 10.0. The van der Waals surface area contributed by atoms with E-state index in [0.29, 0.717) is 30.1 Å². The van der Waals surface area contributed by atoms with Crippen LogP contribution < -0.4 is 0 Å². The molecule has 32 heavy (non-hydrogen) atoms. The van der Waals surface area contributed by atoms with Crippen molar-refractivity contribution in [2.45, 2.75) is 37.3 Å². The van der Waals surface area contributed by atoms with Gasteiger partial charge in [0.05, 0.1) is 11.1 Å². The van der Waals surface area contributed by atoms with Crippen molar-refractivity contribution in [3.05, 3.63) is 71.3 Å². The summed E-state index contributed by atoms with van der Waals surface area (Å²) in [5, 5.41) is 9.89. The summed E-state index contributed by atoms with van der Waals surface area (Å²) in [6, 6.07) is 17.2. The number of hydrogen-bond acceptors (Lipinski definition) is 4. The fourth-order valence-electron chi connectivity index (χ4n) is 5.22. The molecule has 0 radical (unpaired) electrons. The summed E-state index contributed by atoms with van der Waals surface area (Å²) in [5.74, 6) is -0.157. The molecule has 1 saturated heterocycles. The Labute approximate surface area is 187 Å². The molecule has 2 heterocycles. The van der Waals surface area contributed by atoms with Gasteiger partial charge < -0.3 is 14.9 Å². The van der Waals surface area contributed by atoms with Crippen LogP contribution in [0.25, 0.3) is 0 Å². The smallest absolute Gasteiger partial charge is 0.407 e. The van der Waals surface area contributed by atoms with Crippen molar-refractivity contribution in [1.29, 1.82) is 0 Å². The Hall–Kier alpha value is -3.19. The molecule has 7 heteroatoms. The van der Waals surface area contributed by atoms with Gasteiger partial charge in [0.1, 0.15) is 0 Å². The van der Waals surface area contributed by atoms with Gasteiger partial charge in [-0.3, -0.25) is 14.5 Å². The van der Waals surface area contributed by atoms with Gasteiger partial charge in [-0.1, -0.05) is 42.5 Å². The third-order valence-electron chi connectivity index (χ3n) is 7.03. The topological polar surface area (TPSA) is 81.2 Å². The summed E-state index contributed by atoms with van der Waals surface area (Å²) in [6.45, 7) is 2.50. The maximum absolute atomic E-state index is 12.5. The maximum Gasteiger partial charge on any atom is 0.407 e. The van der Waals surface area contributed by atoms with Crippen LogP contribution in [0.3, 0.4) is 0 Å². The lowest BCUT2D eigenvalue weighted by Crippen LogP contribution is -2.49. The van der Waals surface area contributed by atoms with Crippen molar-refractivity contribution in [1.82, 2.24) is 14.7 Å². The SMILES string of the molecule is O=C1c2ccccc2C(=O)N1CCN1CCC(N(C(=O)O)[C@@H]2C[C@H]2c2ccccc2)CC1. The minimum Gasteiger partial charge on any atom is -0.465 e. The van der Waals surface area contributed by atoms with Crippen LogP contribution in [0.15, 0.2) is 54.6 Å². The maximum atomic E-state index is 12.5. The predicted octanol–water partition coefficient (Wildman–Crippen LogP) is 3.28. The van der Waals surface area contributed by atoms with E-state index >= 15 is 0 Å². The highest BCUT2D eigenvalue weighted by molar-refractivity contribution is 6.21. The third-order valence-corrected chi connectivity index (χ3v) is 7.03. The summed E-state index contributed by atoms with van der Waals surface area (Å²) in [6.07, 6.45) is 1.59. The van der Waals surface area contributed by atoms with Gasteiger partial charge in [0.15, 0.2) is 0 Å². The van der Waals surface area contributed by atoms with E-state index in [1.807, 2.05) is 18.2 Å². The zero-order chi connectivity index (χ0) is 22.2. The fourth-order valence-corrected chi connectivity index (χ4v) is 5.22. The normalized spacial score (nSPS) is 23.3. The number of fused-ring (bicyclic) bond motifs is 1. The van der Waals surface area contributed by atoms with E-state index in [-0.39, 0.29) is 23.9 Å². The molecule has 3 aliphatic rings. The molecule has 0 aromatic heterocycles. The van der Waals surface area contributed by atoms with E-state index < -0.39 is 6.09 Å². The van der Waals surface area contributed by atoms with Crippen LogP contribution >= 0.6 is 0 Å². The molecule has 5 rings (SSSR count). The number of carboxylic acid groups (broad SMARTS) is 1.